The van der Waals surface area contributed by atoms with Crippen molar-refractivity contribution in [1.29, 1.82) is 0 Å². The molecule has 1 rings (SSSR count). The molecule has 1 aliphatic carbocycles. The lowest BCUT2D eigenvalue weighted by molar-refractivity contribution is -0.128. The molecule has 2 unspecified atom stereocenters. The highest BCUT2D eigenvalue weighted by molar-refractivity contribution is 4.91. The Hall–Kier alpha value is -0.0800. The molecule has 2 atom stereocenters. The van der Waals surface area contributed by atoms with Crippen LogP contribution in [0.15, 0.2) is 0 Å². The van der Waals surface area contributed by atoms with E-state index in [1.807, 2.05) is 0 Å². The fourth-order valence-electron chi connectivity index (χ4n) is 3.03. The summed E-state index contributed by atoms with van der Waals surface area (Å²) < 4.78 is 5.67. The van der Waals surface area contributed by atoms with Crippen LogP contribution in [0.4, 0.5) is 0 Å². The highest BCUT2D eigenvalue weighted by atomic mass is 16.5. The zero-order valence-electron chi connectivity index (χ0n) is 11.2. The molecule has 0 saturated heterocycles. The van der Waals surface area contributed by atoms with Crippen LogP contribution in [-0.4, -0.2) is 23.9 Å². The van der Waals surface area contributed by atoms with Crippen molar-refractivity contribution in [2.75, 3.05) is 7.11 Å². The van der Waals surface area contributed by atoms with Gasteiger partial charge in [0.1, 0.15) is 0 Å². The maximum absolute atomic E-state index is 10.4. The van der Waals surface area contributed by atoms with E-state index in [0.717, 1.165) is 19.3 Å². The molecule has 96 valence electrons. The largest absolute Gasteiger partial charge is 0.390 e. The van der Waals surface area contributed by atoms with E-state index < -0.39 is 0 Å². The summed E-state index contributed by atoms with van der Waals surface area (Å²) in [5.74, 6) is 0.606. The summed E-state index contributed by atoms with van der Waals surface area (Å²) in [6.07, 6.45) is 8.78. The van der Waals surface area contributed by atoms with Crippen molar-refractivity contribution in [3.8, 4) is 0 Å². The number of aliphatic hydroxyl groups excluding tert-OH is 1. The first-order valence-corrected chi connectivity index (χ1v) is 6.88. The lowest BCUT2D eigenvalue weighted by Gasteiger charge is -2.40. The van der Waals surface area contributed by atoms with Crippen LogP contribution in [0.2, 0.25) is 0 Å². The average Bonchev–Trinajstić information content (AvgIpc) is 2.30. The van der Waals surface area contributed by atoms with Gasteiger partial charge < -0.3 is 9.84 Å². The molecular weight excluding hydrogens is 200 g/mol. The fourth-order valence-corrected chi connectivity index (χ4v) is 3.03. The zero-order valence-corrected chi connectivity index (χ0v) is 11.2. The summed E-state index contributed by atoms with van der Waals surface area (Å²) in [5.41, 5.74) is -0.236. The average molecular weight is 228 g/mol. The van der Waals surface area contributed by atoms with Crippen LogP contribution in [0.25, 0.3) is 0 Å². The van der Waals surface area contributed by atoms with Gasteiger partial charge in [-0.1, -0.05) is 46.0 Å². The van der Waals surface area contributed by atoms with E-state index in [2.05, 4.69) is 13.8 Å². The van der Waals surface area contributed by atoms with Gasteiger partial charge in [-0.15, -0.1) is 0 Å². The standard InChI is InChI=1S/C14H28O2/c1-4-8-12(2)11-13(15)14(16-3)9-6-5-7-10-14/h12-13,15H,4-11H2,1-3H3. The highest BCUT2D eigenvalue weighted by Gasteiger charge is 2.39. The van der Waals surface area contributed by atoms with Crippen LogP contribution in [0.1, 0.15) is 65.2 Å². The SMILES string of the molecule is CCCC(C)CC(O)C1(OC)CCCCC1. The predicted molar refractivity (Wildman–Crippen MR) is 67.5 cm³/mol. The van der Waals surface area contributed by atoms with Crippen molar-refractivity contribution in [3.63, 3.8) is 0 Å². The van der Waals surface area contributed by atoms with E-state index in [1.165, 1.54) is 32.1 Å². The van der Waals surface area contributed by atoms with E-state index in [0.29, 0.717) is 5.92 Å². The van der Waals surface area contributed by atoms with Gasteiger partial charge in [0.25, 0.3) is 0 Å². The van der Waals surface area contributed by atoms with Crippen molar-refractivity contribution >= 4 is 0 Å². The zero-order chi connectivity index (χ0) is 12.0. The Morgan fingerprint density at radius 1 is 1.25 bits per heavy atom. The molecule has 0 aromatic carbocycles. The minimum Gasteiger partial charge on any atom is -0.390 e. The van der Waals surface area contributed by atoms with Crippen molar-refractivity contribution in [2.45, 2.75) is 76.9 Å². The minimum absolute atomic E-state index is 0.236. The van der Waals surface area contributed by atoms with E-state index in [4.69, 9.17) is 4.74 Å². The van der Waals surface area contributed by atoms with Gasteiger partial charge in [0.15, 0.2) is 0 Å². The second kappa shape index (κ2) is 6.61. The number of hydrogen-bond acceptors (Lipinski definition) is 2. The number of ether oxygens (including phenoxy) is 1. The van der Waals surface area contributed by atoms with E-state index >= 15 is 0 Å². The third-order valence-corrected chi connectivity index (χ3v) is 4.12. The molecular formula is C14H28O2. The Morgan fingerprint density at radius 3 is 2.38 bits per heavy atom. The van der Waals surface area contributed by atoms with Crippen molar-refractivity contribution in [1.82, 2.24) is 0 Å². The molecule has 0 spiro atoms. The first-order valence-electron chi connectivity index (χ1n) is 6.88. The third kappa shape index (κ3) is 3.46. The summed E-state index contributed by atoms with van der Waals surface area (Å²) in [7, 11) is 1.76. The molecule has 0 aromatic heterocycles. The quantitative estimate of drug-likeness (QED) is 0.753. The fraction of sp³-hybridized carbons (Fsp3) is 1.00. The van der Waals surface area contributed by atoms with Gasteiger partial charge in [0, 0.05) is 7.11 Å². The molecule has 0 amide bonds. The van der Waals surface area contributed by atoms with Gasteiger partial charge in [-0.25, -0.2) is 0 Å². The number of rotatable bonds is 6. The molecule has 0 radical (unpaired) electrons. The van der Waals surface area contributed by atoms with E-state index in [-0.39, 0.29) is 11.7 Å². The molecule has 0 bridgehead atoms. The highest BCUT2D eigenvalue weighted by Crippen LogP contribution is 2.36. The predicted octanol–water partition coefficient (Wildman–Crippen LogP) is 3.52. The first-order chi connectivity index (χ1) is 7.64. The normalized spacial score (nSPS) is 24.0. The lowest BCUT2D eigenvalue weighted by atomic mass is 9.77. The summed E-state index contributed by atoms with van der Waals surface area (Å²) in [5, 5.41) is 10.4. The molecule has 0 heterocycles. The maximum atomic E-state index is 10.4. The topological polar surface area (TPSA) is 29.5 Å². The molecule has 1 saturated carbocycles. The Balaban J connectivity index is 2.50. The van der Waals surface area contributed by atoms with Gasteiger partial charge in [-0.05, 0) is 25.2 Å². The van der Waals surface area contributed by atoms with Crippen LogP contribution in [0.3, 0.4) is 0 Å². The van der Waals surface area contributed by atoms with Gasteiger partial charge in [-0.3, -0.25) is 0 Å². The summed E-state index contributed by atoms with van der Waals surface area (Å²) in [6.45, 7) is 4.44. The first kappa shape index (κ1) is 14.0. The van der Waals surface area contributed by atoms with Crippen LogP contribution in [-0.2, 0) is 4.74 Å². The van der Waals surface area contributed by atoms with Crippen molar-refractivity contribution in [2.24, 2.45) is 5.92 Å². The van der Waals surface area contributed by atoms with Crippen molar-refractivity contribution < 1.29 is 9.84 Å². The molecule has 1 aliphatic rings. The van der Waals surface area contributed by atoms with Gasteiger partial charge in [0.2, 0.25) is 0 Å². The van der Waals surface area contributed by atoms with E-state index in [1.54, 1.807) is 7.11 Å². The monoisotopic (exact) mass is 228 g/mol. The maximum Gasteiger partial charge on any atom is 0.0936 e. The van der Waals surface area contributed by atoms with Crippen LogP contribution in [0, 0.1) is 5.92 Å². The lowest BCUT2D eigenvalue weighted by Crippen LogP contribution is -2.46. The minimum atomic E-state index is -0.278. The number of hydrogen-bond donors (Lipinski definition) is 1. The van der Waals surface area contributed by atoms with Crippen LogP contribution < -0.4 is 0 Å². The third-order valence-electron chi connectivity index (χ3n) is 4.12. The van der Waals surface area contributed by atoms with Crippen LogP contribution >= 0.6 is 0 Å². The molecule has 0 aliphatic heterocycles. The smallest absolute Gasteiger partial charge is 0.0936 e. The van der Waals surface area contributed by atoms with E-state index in [9.17, 15) is 5.11 Å². The Morgan fingerprint density at radius 2 is 1.88 bits per heavy atom. The molecule has 0 aromatic rings. The van der Waals surface area contributed by atoms with Crippen LogP contribution in [0.5, 0.6) is 0 Å². The Labute approximate surface area is 100 Å². The molecule has 1 N–H and O–H groups in total. The van der Waals surface area contributed by atoms with Gasteiger partial charge in [-0.2, -0.15) is 0 Å². The van der Waals surface area contributed by atoms with Gasteiger partial charge >= 0.3 is 0 Å². The second-order valence-corrected chi connectivity index (χ2v) is 5.47. The number of methoxy groups -OCH3 is 1. The summed E-state index contributed by atoms with van der Waals surface area (Å²) in [4.78, 5) is 0. The number of aliphatic hydroxyl groups is 1. The summed E-state index contributed by atoms with van der Waals surface area (Å²) >= 11 is 0. The molecule has 1 fully saturated rings. The van der Waals surface area contributed by atoms with Gasteiger partial charge in [0.05, 0.1) is 11.7 Å². The Bertz CT molecular complexity index is 185. The second-order valence-electron chi connectivity index (χ2n) is 5.47. The molecule has 2 heteroatoms. The Kier molecular flexibility index (Phi) is 5.77. The summed E-state index contributed by atoms with van der Waals surface area (Å²) in [6, 6.07) is 0. The molecule has 2 nitrogen and oxygen atoms in total. The molecule has 16 heavy (non-hydrogen) atoms. The van der Waals surface area contributed by atoms with Crippen molar-refractivity contribution in [3.05, 3.63) is 0 Å².